The van der Waals surface area contributed by atoms with Crippen molar-refractivity contribution in [2.45, 2.75) is 19.0 Å². The van der Waals surface area contributed by atoms with Crippen LogP contribution >= 0.6 is 11.6 Å². The SMILES string of the molecule is O=C(NCCCN1CCN(CCCNc2ccnc3cc(Cl)ccc23)CC1)c1cccc(C(F)(F)F)c1. The van der Waals surface area contributed by atoms with E-state index in [2.05, 4.69) is 25.4 Å². The van der Waals surface area contributed by atoms with E-state index in [9.17, 15) is 18.0 Å². The minimum Gasteiger partial charge on any atom is -0.384 e. The number of aromatic nitrogens is 1. The van der Waals surface area contributed by atoms with Crippen molar-refractivity contribution in [2.75, 3.05) is 57.7 Å². The fraction of sp³-hybridized carbons (Fsp3) is 0.407. The average Bonchev–Trinajstić information content (AvgIpc) is 2.89. The Hall–Kier alpha value is -2.88. The standard InChI is InChI=1S/C27H31ClF3N5O/c28-22-6-7-23-24(8-11-33-25(23)19-22)32-9-2-12-35-14-16-36(17-15-35)13-3-10-34-26(37)20-4-1-5-21(18-20)27(29,30)31/h1,4-8,11,18-19H,2-3,9-10,12-17H2,(H,32,33)(H,34,37). The van der Waals surface area contributed by atoms with Crippen molar-refractivity contribution in [1.29, 1.82) is 0 Å². The molecular weight excluding hydrogens is 503 g/mol. The van der Waals surface area contributed by atoms with E-state index in [0.717, 1.165) is 87.4 Å². The summed E-state index contributed by atoms with van der Waals surface area (Å²) >= 11 is 6.06. The number of amides is 1. The molecule has 2 N–H and O–H groups in total. The van der Waals surface area contributed by atoms with E-state index in [4.69, 9.17) is 11.6 Å². The molecule has 2 aromatic carbocycles. The Morgan fingerprint density at radius 2 is 1.65 bits per heavy atom. The first-order chi connectivity index (χ1) is 17.8. The monoisotopic (exact) mass is 533 g/mol. The van der Waals surface area contributed by atoms with Crippen molar-refractivity contribution in [2.24, 2.45) is 0 Å². The van der Waals surface area contributed by atoms with Crippen LogP contribution in [0.4, 0.5) is 18.9 Å². The predicted molar refractivity (Wildman–Crippen MR) is 141 cm³/mol. The number of carbonyl (C=O) groups excluding carboxylic acids is 1. The van der Waals surface area contributed by atoms with Crippen LogP contribution in [0.2, 0.25) is 5.02 Å². The van der Waals surface area contributed by atoms with E-state index in [1.807, 2.05) is 24.3 Å². The number of fused-ring (bicyclic) bond motifs is 1. The maximum atomic E-state index is 12.8. The van der Waals surface area contributed by atoms with Crippen molar-refractivity contribution in [3.05, 3.63) is 70.9 Å². The van der Waals surface area contributed by atoms with E-state index in [1.165, 1.54) is 12.1 Å². The molecule has 0 bridgehead atoms. The molecule has 1 aliphatic heterocycles. The van der Waals surface area contributed by atoms with Gasteiger partial charge in [-0.3, -0.25) is 9.78 Å². The lowest BCUT2D eigenvalue weighted by molar-refractivity contribution is -0.137. The van der Waals surface area contributed by atoms with Crippen molar-refractivity contribution in [3.63, 3.8) is 0 Å². The van der Waals surface area contributed by atoms with E-state index < -0.39 is 17.6 Å². The maximum absolute atomic E-state index is 12.8. The first-order valence-corrected chi connectivity index (χ1v) is 12.9. The highest BCUT2D eigenvalue weighted by Gasteiger charge is 2.30. The van der Waals surface area contributed by atoms with Gasteiger partial charge in [-0.1, -0.05) is 17.7 Å². The Bertz CT molecular complexity index is 1200. The first kappa shape index (κ1) is 27.2. The molecular formula is C27H31ClF3N5O. The minimum atomic E-state index is -4.46. The van der Waals surface area contributed by atoms with Gasteiger partial charge >= 0.3 is 6.18 Å². The number of halogens is 4. The van der Waals surface area contributed by atoms with Crippen LogP contribution in [-0.4, -0.2) is 73.0 Å². The lowest BCUT2D eigenvalue weighted by atomic mass is 10.1. The van der Waals surface area contributed by atoms with Gasteiger partial charge in [-0.15, -0.1) is 0 Å². The Balaban J connectivity index is 1.10. The van der Waals surface area contributed by atoms with Gasteiger partial charge in [0.05, 0.1) is 11.1 Å². The number of carbonyl (C=O) groups is 1. The number of anilines is 1. The van der Waals surface area contributed by atoms with E-state index in [1.54, 1.807) is 6.20 Å². The zero-order valence-corrected chi connectivity index (χ0v) is 21.3. The van der Waals surface area contributed by atoms with Crippen LogP contribution in [0.15, 0.2) is 54.7 Å². The number of pyridine rings is 1. The molecule has 0 aliphatic carbocycles. The number of nitrogens with one attached hydrogen (secondary N) is 2. The summed E-state index contributed by atoms with van der Waals surface area (Å²) in [5.41, 5.74) is 1.15. The highest BCUT2D eigenvalue weighted by atomic mass is 35.5. The van der Waals surface area contributed by atoms with Crippen LogP contribution < -0.4 is 10.6 Å². The number of alkyl halides is 3. The molecule has 0 atom stereocenters. The summed E-state index contributed by atoms with van der Waals surface area (Å²) in [7, 11) is 0. The Morgan fingerprint density at radius 3 is 2.35 bits per heavy atom. The van der Waals surface area contributed by atoms with E-state index in [0.29, 0.717) is 11.6 Å². The first-order valence-electron chi connectivity index (χ1n) is 12.5. The molecule has 1 aromatic heterocycles. The fourth-order valence-corrected chi connectivity index (χ4v) is 4.65. The quantitative estimate of drug-likeness (QED) is 0.353. The van der Waals surface area contributed by atoms with Gasteiger partial charge in [0.1, 0.15) is 0 Å². The van der Waals surface area contributed by atoms with Gasteiger partial charge in [0.2, 0.25) is 0 Å². The summed E-state index contributed by atoms with van der Waals surface area (Å²) in [6.07, 6.45) is -0.894. The molecule has 10 heteroatoms. The number of hydrogen-bond donors (Lipinski definition) is 2. The summed E-state index contributed by atoms with van der Waals surface area (Å²) in [6, 6.07) is 12.2. The molecule has 0 unspecified atom stereocenters. The summed E-state index contributed by atoms with van der Waals surface area (Å²) in [4.78, 5) is 21.4. The van der Waals surface area contributed by atoms with Crippen molar-refractivity contribution in [3.8, 4) is 0 Å². The summed E-state index contributed by atoms with van der Waals surface area (Å²) in [5.74, 6) is -0.479. The highest BCUT2D eigenvalue weighted by molar-refractivity contribution is 6.31. The van der Waals surface area contributed by atoms with Crippen LogP contribution in [0.3, 0.4) is 0 Å². The second kappa shape index (κ2) is 12.6. The average molecular weight is 534 g/mol. The third-order valence-electron chi connectivity index (χ3n) is 6.53. The molecule has 1 amide bonds. The molecule has 1 aliphatic rings. The number of rotatable bonds is 10. The maximum Gasteiger partial charge on any atom is 0.416 e. The van der Waals surface area contributed by atoms with Crippen LogP contribution in [0.25, 0.3) is 10.9 Å². The van der Waals surface area contributed by atoms with E-state index in [-0.39, 0.29) is 5.56 Å². The third kappa shape index (κ3) is 7.80. The second-order valence-electron chi connectivity index (χ2n) is 9.17. The normalized spacial score (nSPS) is 15.1. The largest absolute Gasteiger partial charge is 0.416 e. The molecule has 37 heavy (non-hydrogen) atoms. The lowest BCUT2D eigenvalue weighted by Crippen LogP contribution is -2.47. The number of benzene rings is 2. The molecule has 0 spiro atoms. The molecule has 1 saturated heterocycles. The van der Waals surface area contributed by atoms with Gasteiger partial charge in [-0.05, 0) is 68.4 Å². The summed E-state index contributed by atoms with van der Waals surface area (Å²) < 4.78 is 38.5. The van der Waals surface area contributed by atoms with Gasteiger partial charge in [-0.25, -0.2) is 0 Å². The smallest absolute Gasteiger partial charge is 0.384 e. The predicted octanol–water partition coefficient (Wildman–Crippen LogP) is 5.15. The highest BCUT2D eigenvalue weighted by Crippen LogP contribution is 2.29. The van der Waals surface area contributed by atoms with Crippen molar-refractivity contribution in [1.82, 2.24) is 20.1 Å². The minimum absolute atomic E-state index is 0.0273. The zero-order valence-electron chi connectivity index (χ0n) is 20.5. The second-order valence-corrected chi connectivity index (χ2v) is 9.61. The number of hydrogen-bond acceptors (Lipinski definition) is 5. The zero-order chi connectivity index (χ0) is 26.3. The summed E-state index contributed by atoms with van der Waals surface area (Å²) in [6.45, 7) is 7.07. The molecule has 6 nitrogen and oxygen atoms in total. The van der Waals surface area contributed by atoms with Gasteiger partial charge in [0.25, 0.3) is 5.91 Å². The third-order valence-corrected chi connectivity index (χ3v) is 6.76. The van der Waals surface area contributed by atoms with Crippen molar-refractivity contribution < 1.29 is 18.0 Å². The van der Waals surface area contributed by atoms with E-state index >= 15 is 0 Å². The Kier molecular flexibility index (Phi) is 9.23. The van der Waals surface area contributed by atoms with Gasteiger partial charge in [0, 0.05) is 67.1 Å². The van der Waals surface area contributed by atoms with Crippen LogP contribution in [0, 0.1) is 0 Å². The lowest BCUT2D eigenvalue weighted by Gasteiger charge is -2.34. The molecule has 2 heterocycles. The van der Waals surface area contributed by atoms with Crippen LogP contribution in [0.5, 0.6) is 0 Å². The molecule has 0 saturated carbocycles. The summed E-state index contributed by atoms with van der Waals surface area (Å²) in [5, 5.41) is 7.98. The van der Waals surface area contributed by atoms with Crippen molar-refractivity contribution >= 4 is 34.1 Å². The number of nitrogens with zero attached hydrogens (tertiary/aromatic N) is 3. The van der Waals surface area contributed by atoms with Gasteiger partial charge < -0.3 is 20.4 Å². The molecule has 3 aromatic rings. The molecule has 1 fully saturated rings. The van der Waals surface area contributed by atoms with Gasteiger partial charge in [-0.2, -0.15) is 13.2 Å². The Labute approximate surface area is 219 Å². The van der Waals surface area contributed by atoms with Gasteiger partial charge in [0.15, 0.2) is 0 Å². The van der Waals surface area contributed by atoms with Crippen LogP contribution in [-0.2, 0) is 6.18 Å². The molecule has 4 rings (SSSR count). The fourth-order valence-electron chi connectivity index (χ4n) is 4.48. The van der Waals surface area contributed by atoms with Crippen LogP contribution in [0.1, 0.15) is 28.8 Å². The Morgan fingerprint density at radius 1 is 0.946 bits per heavy atom. The molecule has 0 radical (unpaired) electrons. The number of piperazine rings is 1. The molecule has 198 valence electrons. The topological polar surface area (TPSA) is 60.5 Å².